The molecule has 0 fully saturated rings. The molecule has 27 heavy (non-hydrogen) atoms. The number of hydrogen-bond acceptors (Lipinski definition) is 4. The van der Waals surface area contributed by atoms with Crippen molar-refractivity contribution >= 4 is 28.5 Å². The first-order chi connectivity index (χ1) is 12.9. The summed E-state index contributed by atoms with van der Waals surface area (Å²) in [5, 5.41) is 3.70. The van der Waals surface area contributed by atoms with Crippen LogP contribution in [0.1, 0.15) is 48.4 Å². The van der Waals surface area contributed by atoms with E-state index in [-0.39, 0.29) is 17.6 Å². The Morgan fingerprint density at radius 1 is 1.04 bits per heavy atom. The summed E-state index contributed by atoms with van der Waals surface area (Å²) >= 11 is 0. The Labute approximate surface area is 158 Å². The second kappa shape index (κ2) is 7.66. The van der Waals surface area contributed by atoms with Gasteiger partial charge < -0.3 is 14.5 Å². The third-order valence-corrected chi connectivity index (χ3v) is 4.45. The van der Waals surface area contributed by atoms with Crippen molar-refractivity contribution < 1.29 is 18.7 Å². The highest BCUT2D eigenvalue weighted by atomic mass is 16.6. The van der Waals surface area contributed by atoms with Gasteiger partial charge in [0.15, 0.2) is 6.10 Å². The lowest BCUT2D eigenvalue weighted by molar-refractivity contribution is -0.123. The van der Waals surface area contributed by atoms with Crippen molar-refractivity contribution in [2.75, 3.05) is 5.32 Å². The van der Waals surface area contributed by atoms with Crippen molar-refractivity contribution in [3.63, 3.8) is 0 Å². The predicted octanol–water partition coefficient (Wildman–Crippen LogP) is 5.05. The monoisotopic (exact) mass is 365 g/mol. The molecule has 1 atom stereocenters. The average molecular weight is 365 g/mol. The number of hydrogen-bond donors (Lipinski definition) is 1. The number of anilines is 1. The molecule has 3 rings (SSSR count). The van der Waals surface area contributed by atoms with Crippen LogP contribution in [0.5, 0.6) is 0 Å². The number of furan rings is 1. The summed E-state index contributed by atoms with van der Waals surface area (Å²) in [6.07, 6.45) is -0.953. The normalized spacial score (nSPS) is 12.2. The summed E-state index contributed by atoms with van der Waals surface area (Å²) in [4.78, 5) is 24.9. The van der Waals surface area contributed by atoms with Crippen LogP contribution < -0.4 is 5.32 Å². The minimum atomic E-state index is -0.953. The van der Waals surface area contributed by atoms with Crippen molar-refractivity contribution in [2.24, 2.45) is 0 Å². The molecule has 0 unspecified atom stereocenters. The Morgan fingerprint density at radius 3 is 2.48 bits per heavy atom. The summed E-state index contributed by atoms with van der Waals surface area (Å²) in [6, 6.07) is 14.8. The first-order valence-corrected chi connectivity index (χ1v) is 8.96. The van der Waals surface area contributed by atoms with Crippen LogP contribution in [0.4, 0.5) is 5.69 Å². The number of aryl methyl sites for hydroxylation is 1. The maximum Gasteiger partial charge on any atom is 0.375 e. The van der Waals surface area contributed by atoms with Gasteiger partial charge in [-0.1, -0.05) is 50.2 Å². The Morgan fingerprint density at radius 2 is 1.78 bits per heavy atom. The third kappa shape index (κ3) is 4.03. The van der Waals surface area contributed by atoms with Crippen molar-refractivity contribution in [3.8, 4) is 0 Å². The van der Waals surface area contributed by atoms with E-state index in [9.17, 15) is 9.59 Å². The van der Waals surface area contributed by atoms with Crippen molar-refractivity contribution in [1.82, 2.24) is 0 Å². The molecule has 0 saturated carbocycles. The van der Waals surface area contributed by atoms with Gasteiger partial charge in [-0.2, -0.15) is 0 Å². The second-order valence-electron chi connectivity index (χ2n) is 6.88. The summed E-state index contributed by atoms with van der Waals surface area (Å²) in [5.74, 6) is -0.707. The van der Waals surface area contributed by atoms with Gasteiger partial charge in [0, 0.05) is 11.1 Å². The fraction of sp³-hybridized carbons (Fsp3) is 0.273. The first-order valence-electron chi connectivity index (χ1n) is 8.96. The highest BCUT2D eigenvalue weighted by Gasteiger charge is 2.23. The highest BCUT2D eigenvalue weighted by molar-refractivity contribution is 5.98. The third-order valence-electron chi connectivity index (χ3n) is 4.45. The fourth-order valence-electron chi connectivity index (χ4n) is 2.92. The maximum absolute atomic E-state index is 12.6. The maximum atomic E-state index is 12.6. The van der Waals surface area contributed by atoms with Crippen LogP contribution in [0.3, 0.4) is 0 Å². The summed E-state index contributed by atoms with van der Waals surface area (Å²) in [7, 11) is 0. The zero-order valence-electron chi connectivity index (χ0n) is 15.9. The van der Waals surface area contributed by atoms with Gasteiger partial charge in [-0.3, -0.25) is 4.79 Å². The van der Waals surface area contributed by atoms with E-state index in [1.807, 2.05) is 43.3 Å². The number of fused-ring (bicyclic) bond motifs is 1. The summed E-state index contributed by atoms with van der Waals surface area (Å²) in [6.45, 7) is 7.61. The quantitative estimate of drug-likeness (QED) is 0.643. The Bertz CT molecular complexity index is 954. The largest absolute Gasteiger partial charge is 0.449 e. The van der Waals surface area contributed by atoms with Gasteiger partial charge in [0.25, 0.3) is 5.91 Å². The molecular formula is C22H23NO4. The SMILES string of the molecule is Cc1cccc(C(C)C)c1NC(=O)[C@H](C)OC(=O)c1cc2ccccc2o1. The van der Waals surface area contributed by atoms with Gasteiger partial charge in [-0.05, 0) is 43.0 Å². The van der Waals surface area contributed by atoms with Crippen molar-refractivity contribution in [3.05, 3.63) is 65.4 Å². The molecule has 1 N–H and O–H groups in total. The van der Waals surface area contributed by atoms with Gasteiger partial charge in [0.2, 0.25) is 5.76 Å². The second-order valence-corrected chi connectivity index (χ2v) is 6.88. The van der Waals surface area contributed by atoms with Crippen LogP contribution in [0.15, 0.2) is 52.9 Å². The molecular weight excluding hydrogens is 342 g/mol. The van der Waals surface area contributed by atoms with Crippen molar-refractivity contribution in [1.29, 1.82) is 0 Å². The topological polar surface area (TPSA) is 68.5 Å². The average Bonchev–Trinajstić information content (AvgIpc) is 3.07. The molecule has 0 saturated heterocycles. The van der Waals surface area contributed by atoms with E-state index in [4.69, 9.17) is 9.15 Å². The van der Waals surface area contributed by atoms with Crippen LogP contribution in [0, 0.1) is 6.92 Å². The number of esters is 1. The van der Waals surface area contributed by atoms with Gasteiger partial charge in [-0.25, -0.2) is 4.79 Å². The van der Waals surface area contributed by atoms with E-state index >= 15 is 0 Å². The minimum Gasteiger partial charge on any atom is -0.449 e. The number of para-hydroxylation sites is 2. The standard InChI is InChI=1S/C22H23NO4/c1-13(2)17-10-7-8-14(3)20(17)23-21(24)15(4)26-22(25)19-12-16-9-5-6-11-18(16)27-19/h5-13,15H,1-4H3,(H,23,24)/t15-/m0/s1. The molecule has 0 radical (unpaired) electrons. The predicted molar refractivity (Wildman–Crippen MR) is 105 cm³/mol. The van der Waals surface area contributed by atoms with Gasteiger partial charge in [0.1, 0.15) is 5.58 Å². The summed E-state index contributed by atoms with van der Waals surface area (Å²) < 4.78 is 10.8. The number of carbonyl (C=O) groups is 2. The van der Waals surface area contributed by atoms with Crippen LogP contribution in [-0.2, 0) is 9.53 Å². The smallest absolute Gasteiger partial charge is 0.375 e. The number of nitrogens with one attached hydrogen (secondary N) is 1. The Kier molecular flexibility index (Phi) is 5.31. The zero-order valence-corrected chi connectivity index (χ0v) is 15.9. The fourth-order valence-corrected chi connectivity index (χ4v) is 2.92. The van der Waals surface area contributed by atoms with Gasteiger partial charge in [-0.15, -0.1) is 0 Å². The van der Waals surface area contributed by atoms with E-state index in [2.05, 4.69) is 19.2 Å². The number of amides is 1. The molecule has 0 spiro atoms. The van der Waals surface area contributed by atoms with Gasteiger partial charge in [0.05, 0.1) is 0 Å². The van der Waals surface area contributed by atoms with Crippen LogP contribution in [-0.4, -0.2) is 18.0 Å². The molecule has 0 aliphatic rings. The number of carbonyl (C=O) groups excluding carboxylic acids is 2. The molecule has 2 aromatic carbocycles. The first kappa shape index (κ1) is 18.7. The lowest BCUT2D eigenvalue weighted by atomic mass is 9.98. The lowest BCUT2D eigenvalue weighted by Gasteiger charge is -2.18. The van der Waals surface area contributed by atoms with E-state index in [1.54, 1.807) is 19.1 Å². The Hall–Kier alpha value is -3.08. The van der Waals surface area contributed by atoms with Crippen molar-refractivity contribution in [2.45, 2.75) is 39.7 Å². The van der Waals surface area contributed by atoms with E-state index in [1.165, 1.54) is 0 Å². The molecule has 1 amide bonds. The van der Waals surface area contributed by atoms with E-state index < -0.39 is 12.1 Å². The molecule has 0 aliphatic heterocycles. The van der Waals surface area contributed by atoms with E-state index in [0.29, 0.717) is 5.58 Å². The zero-order chi connectivity index (χ0) is 19.6. The number of ether oxygens (including phenoxy) is 1. The van der Waals surface area contributed by atoms with Crippen LogP contribution >= 0.6 is 0 Å². The molecule has 1 aromatic heterocycles. The molecule has 140 valence electrons. The number of benzene rings is 2. The Balaban J connectivity index is 1.72. The van der Waals surface area contributed by atoms with E-state index in [0.717, 1.165) is 22.2 Å². The lowest BCUT2D eigenvalue weighted by Crippen LogP contribution is -2.30. The molecule has 0 aliphatic carbocycles. The van der Waals surface area contributed by atoms with Crippen LogP contribution in [0.2, 0.25) is 0 Å². The molecule has 3 aromatic rings. The van der Waals surface area contributed by atoms with Crippen LogP contribution in [0.25, 0.3) is 11.0 Å². The minimum absolute atomic E-state index is 0.0783. The highest BCUT2D eigenvalue weighted by Crippen LogP contribution is 2.27. The van der Waals surface area contributed by atoms with Gasteiger partial charge >= 0.3 is 5.97 Å². The molecule has 0 bridgehead atoms. The number of rotatable bonds is 5. The molecule has 5 nitrogen and oxygen atoms in total. The molecule has 5 heteroatoms. The summed E-state index contributed by atoms with van der Waals surface area (Å²) in [5.41, 5.74) is 3.37. The molecule has 1 heterocycles.